The first kappa shape index (κ1) is 19.0. The maximum atomic E-state index is 4.46. The Morgan fingerprint density at radius 3 is 2.81 bits per heavy atom. The van der Waals surface area contributed by atoms with Crippen LogP contribution in [-0.4, -0.2) is 42.1 Å². The summed E-state index contributed by atoms with van der Waals surface area (Å²) in [6.07, 6.45) is 3.57. The summed E-state index contributed by atoms with van der Waals surface area (Å²) < 4.78 is 0. The van der Waals surface area contributed by atoms with Gasteiger partial charge in [0.1, 0.15) is 0 Å². The van der Waals surface area contributed by atoms with Crippen LogP contribution in [0.15, 0.2) is 4.99 Å². The van der Waals surface area contributed by atoms with Crippen molar-refractivity contribution in [2.45, 2.75) is 39.2 Å². The first-order valence-corrected chi connectivity index (χ1v) is 9.14. The van der Waals surface area contributed by atoms with Crippen LogP contribution in [0.5, 0.6) is 0 Å². The standard InChI is InChI=1S/C14H24N4S2.HI/c1-10-13(20-11(2)17-10)6-7-16-14(15-3)18-12-5-4-8-19-9-12;/h12H,4-9H2,1-3H3,(H2,15,16,18);1H. The summed E-state index contributed by atoms with van der Waals surface area (Å²) in [6.45, 7) is 5.06. The Balaban J connectivity index is 0.00000220. The van der Waals surface area contributed by atoms with Gasteiger partial charge in [-0.25, -0.2) is 4.98 Å². The van der Waals surface area contributed by atoms with Gasteiger partial charge < -0.3 is 10.6 Å². The van der Waals surface area contributed by atoms with Gasteiger partial charge in [0.05, 0.1) is 10.7 Å². The molecule has 1 aromatic rings. The molecule has 0 aliphatic carbocycles. The van der Waals surface area contributed by atoms with Crippen LogP contribution >= 0.6 is 47.1 Å². The van der Waals surface area contributed by atoms with Crippen LogP contribution in [0.4, 0.5) is 0 Å². The molecule has 0 amide bonds. The number of aryl methyl sites for hydroxylation is 2. The monoisotopic (exact) mass is 440 g/mol. The first-order chi connectivity index (χ1) is 9.69. The lowest BCUT2D eigenvalue weighted by molar-refractivity contribution is 0.582. The summed E-state index contributed by atoms with van der Waals surface area (Å²) in [5, 5.41) is 8.08. The maximum absolute atomic E-state index is 4.46. The molecule has 1 aromatic heterocycles. The van der Waals surface area contributed by atoms with Crippen LogP contribution in [0.25, 0.3) is 0 Å². The molecule has 1 saturated heterocycles. The van der Waals surface area contributed by atoms with Gasteiger partial charge in [-0.15, -0.1) is 35.3 Å². The van der Waals surface area contributed by atoms with E-state index in [1.807, 2.05) is 18.8 Å². The quantitative estimate of drug-likeness (QED) is 0.430. The van der Waals surface area contributed by atoms with E-state index < -0.39 is 0 Å². The maximum Gasteiger partial charge on any atom is 0.191 e. The smallest absolute Gasteiger partial charge is 0.191 e. The van der Waals surface area contributed by atoms with Crippen molar-refractivity contribution in [3.05, 3.63) is 15.6 Å². The van der Waals surface area contributed by atoms with E-state index >= 15 is 0 Å². The number of hydrogen-bond acceptors (Lipinski definition) is 4. The Morgan fingerprint density at radius 2 is 2.24 bits per heavy atom. The van der Waals surface area contributed by atoms with Gasteiger partial charge in [0.25, 0.3) is 0 Å². The lowest BCUT2D eigenvalue weighted by atomic mass is 10.2. The predicted molar refractivity (Wildman–Crippen MR) is 106 cm³/mol. The summed E-state index contributed by atoms with van der Waals surface area (Å²) in [4.78, 5) is 10.2. The molecule has 21 heavy (non-hydrogen) atoms. The van der Waals surface area contributed by atoms with Gasteiger partial charge in [-0.05, 0) is 32.4 Å². The van der Waals surface area contributed by atoms with Gasteiger partial charge in [-0.2, -0.15) is 11.8 Å². The fourth-order valence-corrected chi connectivity index (χ4v) is 4.35. The molecule has 2 N–H and O–H groups in total. The first-order valence-electron chi connectivity index (χ1n) is 7.17. The Bertz CT molecular complexity index is 456. The number of aromatic nitrogens is 1. The molecule has 0 aromatic carbocycles. The predicted octanol–water partition coefficient (Wildman–Crippen LogP) is 2.98. The zero-order valence-electron chi connectivity index (χ0n) is 12.9. The van der Waals surface area contributed by atoms with Crippen molar-refractivity contribution in [3.63, 3.8) is 0 Å². The molecule has 0 bridgehead atoms. The van der Waals surface area contributed by atoms with Crippen LogP contribution in [0.1, 0.15) is 28.4 Å². The minimum absolute atomic E-state index is 0. The highest BCUT2D eigenvalue weighted by Crippen LogP contribution is 2.17. The largest absolute Gasteiger partial charge is 0.356 e. The molecule has 0 saturated carbocycles. The van der Waals surface area contributed by atoms with Crippen molar-refractivity contribution in [1.82, 2.24) is 15.6 Å². The molecule has 0 radical (unpaired) electrons. The minimum Gasteiger partial charge on any atom is -0.356 e. The lowest BCUT2D eigenvalue weighted by Gasteiger charge is -2.24. The number of nitrogens with zero attached hydrogens (tertiary/aromatic N) is 2. The third-order valence-corrected chi connectivity index (χ3v) is 5.72. The molecule has 4 nitrogen and oxygen atoms in total. The Labute approximate surface area is 153 Å². The van der Waals surface area contributed by atoms with E-state index in [0.29, 0.717) is 6.04 Å². The van der Waals surface area contributed by atoms with E-state index in [4.69, 9.17) is 0 Å². The zero-order chi connectivity index (χ0) is 14.4. The van der Waals surface area contributed by atoms with E-state index in [9.17, 15) is 0 Å². The summed E-state index contributed by atoms with van der Waals surface area (Å²) in [6, 6.07) is 0.562. The normalized spacial score (nSPS) is 19.0. The summed E-state index contributed by atoms with van der Waals surface area (Å²) in [7, 11) is 1.84. The number of thiazole rings is 1. The summed E-state index contributed by atoms with van der Waals surface area (Å²) in [5.74, 6) is 3.42. The van der Waals surface area contributed by atoms with Crippen LogP contribution in [0.3, 0.4) is 0 Å². The number of aliphatic imine (C=N–C) groups is 1. The highest BCUT2D eigenvalue weighted by Gasteiger charge is 2.14. The minimum atomic E-state index is 0. The fraction of sp³-hybridized carbons (Fsp3) is 0.714. The third-order valence-electron chi connectivity index (χ3n) is 3.37. The molecule has 1 aliphatic heterocycles. The Morgan fingerprint density at radius 1 is 1.43 bits per heavy atom. The topological polar surface area (TPSA) is 49.3 Å². The van der Waals surface area contributed by atoms with Crippen LogP contribution in [0, 0.1) is 13.8 Å². The van der Waals surface area contributed by atoms with Crippen molar-refractivity contribution in [3.8, 4) is 0 Å². The van der Waals surface area contributed by atoms with Crippen molar-refractivity contribution in [2.24, 2.45) is 4.99 Å². The Kier molecular flexibility index (Phi) is 8.96. The third kappa shape index (κ3) is 6.32. The van der Waals surface area contributed by atoms with E-state index in [0.717, 1.165) is 23.9 Å². The van der Waals surface area contributed by atoms with Crippen molar-refractivity contribution >= 4 is 53.0 Å². The second-order valence-electron chi connectivity index (χ2n) is 5.05. The molecule has 0 spiro atoms. The number of guanidine groups is 1. The zero-order valence-corrected chi connectivity index (χ0v) is 16.9. The molecule has 1 aliphatic rings. The molecule has 1 unspecified atom stereocenters. The average molecular weight is 440 g/mol. The summed E-state index contributed by atoms with van der Waals surface area (Å²) in [5.41, 5.74) is 1.17. The SMILES string of the molecule is CN=C(NCCc1sc(C)nc1C)NC1CCCSC1.I. The van der Waals surface area contributed by atoms with E-state index in [-0.39, 0.29) is 24.0 Å². The Hall–Kier alpha value is -0.0200. The molecule has 120 valence electrons. The molecule has 2 rings (SSSR count). The molecular formula is C14H25IN4S2. The van der Waals surface area contributed by atoms with Gasteiger partial charge in [0, 0.05) is 36.7 Å². The van der Waals surface area contributed by atoms with Gasteiger partial charge in [-0.1, -0.05) is 0 Å². The lowest BCUT2D eigenvalue weighted by Crippen LogP contribution is -2.46. The van der Waals surface area contributed by atoms with Crippen LogP contribution in [0.2, 0.25) is 0 Å². The second-order valence-corrected chi connectivity index (χ2v) is 7.49. The van der Waals surface area contributed by atoms with E-state index in [1.165, 1.54) is 34.9 Å². The average Bonchev–Trinajstić information content (AvgIpc) is 2.77. The second kappa shape index (κ2) is 9.89. The van der Waals surface area contributed by atoms with Crippen molar-refractivity contribution in [1.29, 1.82) is 0 Å². The van der Waals surface area contributed by atoms with Gasteiger partial charge in [0.15, 0.2) is 5.96 Å². The van der Waals surface area contributed by atoms with Gasteiger partial charge >= 0.3 is 0 Å². The molecule has 1 atom stereocenters. The number of nitrogens with one attached hydrogen (secondary N) is 2. The van der Waals surface area contributed by atoms with E-state index in [2.05, 4.69) is 34.5 Å². The van der Waals surface area contributed by atoms with Crippen LogP contribution < -0.4 is 10.6 Å². The molecular weight excluding hydrogens is 415 g/mol. The van der Waals surface area contributed by atoms with Gasteiger partial charge in [-0.3, -0.25) is 4.99 Å². The number of hydrogen-bond donors (Lipinski definition) is 2. The van der Waals surface area contributed by atoms with Crippen LogP contribution in [-0.2, 0) is 6.42 Å². The molecule has 1 fully saturated rings. The number of thioether (sulfide) groups is 1. The molecule has 2 heterocycles. The van der Waals surface area contributed by atoms with E-state index in [1.54, 1.807) is 11.3 Å². The van der Waals surface area contributed by atoms with Crippen molar-refractivity contribution in [2.75, 3.05) is 25.1 Å². The van der Waals surface area contributed by atoms with Gasteiger partial charge in [0.2, 0.25) is 0 Å². The molecule has 7 heteroatoms. The number of halogens is 1. The summed E-state index contributed by atoms with van der Waals surface area (Å²) >= 11 is 3.82. The highest BCUT2D eigenvalue weighted by molar-refractivity contribution is 14.0. The van der Waals surface area contributed by atoms with Crippen molar-refractivity contribution < 1.29 is 0 Å². The fourth-order valence-electron chi connectivity index (χ4n) is 2.34. The number of rotatable bonds is 4. The highest BCUT2D eigenvalue weighted by atomic mass is 127.